The van der Waals surface area contributed by atoms with Gasteiger partial charge in [-0.1, -0.05) is 60.7 Å². The van der Waals surface area contributed by atoms with Crippen molar-refractivity contribution < 1.29 is 32.3 Å². The highest BCUT2D eigenvalue weighted by Gasteiger charge is 2.34. The Morgan fingerprint density at radius 3 is 2.22 bits per heavy atom. The number of rotatable bonds is 8. The number of benzene rings is 3. The first-order chi connectivity index (χ1) is 17.1. The molecule has 0 radical (unpaired) electrons. The maximum atomic E-state index is 13.7. The number of halogens is 3. The summed E-state index contributed by atoms with van der Waals surface area (Å²) in [6.07, 6.45) is -2.81. The molecule has 0 amide bonds. The molecule has 1 fully saturated rings. The van der Waals surface area contributed by atoms with Crippen molar-refractivity contribution in [2.24, 2.45) is 0 Å². The zero-order valence-corrected chi connectivity index (χ0v) is 20.6. The fourth-order valence-electron chi connectivity index (χ4n) is 4.53. The Bertz CT molecular complexity index is 1190. The first-order valence-corrected chi connectivity index (χ1v) is 13.6. The van der Waals surface area contributed by atoms with E-state index in [0.29, 0.717) is 18.0 Å². The van der Waals surface area contributed by atoms with E-state index in [-0.39, 0.29) is 24.1 Å². The van der Waals surface area contributed by atoms with Gasteiger partial charge in [-0.05, 0) is 66.2 Å². The van der Waals surface area contributed by atoms with Crippen LogP contribution in [0.4, 0.5) is 13.2 Å². The first-order valence-electron chi connectivity index (χ1n) is 11.8. The molecule has 3 aromatic rings. The average Bonchev–Trinajstić information content (AvgIpc) is 2.86. The van der Waals surface area contributed by atoms with E-state index in [1.165, 1.54) is 11.6 Å². The van der Waals surface area contributed by atoms with Gasteiger partial charge in [0.15, 0.2) is 0 Å². The molecule has 36 heavy (non-hydrogen) atoms. The Morgan fingerprint density at radius 1 is 0.944 bits per heavy atom. The van der Waals surface area contributed by atoms with Crippen molar-refractivity contribution in [3.8, 4) is 16.9 Å². The van der Waals surface area contributed by atoms with E-state index in [9.17, 15) is 17.7 Å². The minimum atomic E-state index is -4.50. The molecule has 0 aliphatic carbocycles. The SMILES string of the molecule is O=P(O)(O)CCN1CCC(c2ccc(COc3ccc(-c4ccccc4)c(C(F)(F)F)c3)cc2)CC1. The summed E-state index contributed by atoms with van der Waals surface area (Å²) in [7, 11) is -3.98. The lowest BCUT2D eigenvalue weighted by Crippen LogP contribution is -2.34. The van der Waals surface area contributed by atoms with Crippen LogP contribution in [-0.2, 0) is 17.3 Å². The number of hydrogen-bond donors (Lipinski definition) is 2. The fourth-order valence-corrected chi connectivity index (χ4v) is 5.07. The molecule has 0 bridgehead atoms. The molecular weight excluding hydrogens is 490 g/mol. The first kappa shape index (κ1) is 26.4. The summed E-state index contributed by atoms with van der Waals surface area (Å²) in [6, 6.07) is 20.4. The second-order valence-electron chi connectivity index (χ2n) is 9.11. The van der Waals surface area contributed by atoms with Gasteiger partial charge in [0.05, 0.1) is 11.7 Å². The van der Waals surface area contributed by atoms with E-state index < -0.39 is 19.3 Å². The van der Waals surface area contributed by atoms with E-state index in [2.05, 4.69) is 4.90 Å². The molecule has 0 aromatic heterocycles. The molecule has 1 saturated heterocycles. The maximum absolute atomic E-state index is 13.7. The highest BCUT2D eigenvalue weighted by molar-refractivity contribution is 7.51. The van der Waals surface area contributed by atoms with Crippen LogP contribution >= 0.6 is 7.60 Å². The number of ether oxygens (including phenoxy) is 1. The van der Waals surface area contributed by atoms with Crippen LogP contribution < -0.4 is 4.74 Å². The van der Waals surface area contributed by atoms with Crippen LogP contribution in [0.1, 0.15) is 35.4 Å². The van der Waals surface area contributed by atoms with Crippen molar-refractivity contribution in [1.82, 2.24) is 4.90 Å². The summed E-state index contributed by atoms with van der Waals surface area (Å²) in [5, 5.41) is 0. The van der Waals surface area contributed by atoms with E-state index in [1.54, 1.807) is 36.4 Å². The minimum absolute atomic E-state index is 0.118. The Morgan fingerprint density at radius 2 is 1.61 bits per heavy atom. The zero-order valence-electron chi connectivity index (χ0n) is 19.7. The number of likely N-dealkylation sites (tertiary alicyclic amines) is 1. The lowest BCUT2D eigenvalue weighted by Gasteiger charge is -2.32. The van der Waals surface area contributed by atoms with Gasteiger partial charge < -0.3 is 19.4 Å². The van der Waals surface area contributed by atoms with Crippen molar-refractivity contribution in [2.45, 2.75) is 31.5 Å². The maximum Gasteiger partial charge on any atom is 0.417 e. The van der Waals surface area contributed by atoms with E-state index in [1.807, 2.05) is 24.3 Å². The highest BCUT2D eigenvalue weighted by Crippen LogP contribution is 2.39. The number of alkyl halides is 3. The van der Waals surface area contributed by atoms with Crippen LogP contribution in [0, 0.1) is 0 Å². The van der Waals surface area contributed by atoms with Crippen LogP contribution in [0.15, 0.2) is 72.8 Å². The van der Waals surface area contributed by atoms with Gasteiger partial charge in [-0.3, -0.25) is 4.57 Å². The monoisotopic (exact) mass is 519 g/mol. The van der Waals surface area contributed by atoms with Crippen LogP contribution in [0.2, 0.25) is 0 Å². The second kappa shape index (κ2) is 11.2. The third-order valence-corrected chi connectivity index (χ3v) is 7.32. The minimum Gasteiger partial charge on any atom is -0.489 e. The summed E-state index contributed by atoms with van der Waals surface area (Å²) in [6.45, 7) is 2.13. The van der Waals surface area contributed by atoms with Gasteiger partial charge in [0.25, 0.3) is 0 Å². The molecular formula is C27H29F3NO4P. The molecule has 1 aliphatic rings. The Hall–Kier alpha value is -2.64. The number of nitrogens with zero attached hydrogens (tertiary/aromatic N) is 1. The predicted octanol–water partition coefficient (Wildman–Crippen LogP) is 6.31. The smallest absolute Gasteiger partial charge is 0.417 e. The van der Waals surface area contributed by atoms with E-state index in [4.69, 9.17) is 14.5 Å². The summed E-state index contributed by atoms with van der Waals surface area (Å²) in [5.74, 6) is 0.528. The van der Waals surface area contributed by atoms with Crippen molar-refractivity contribution >= 4 is 7.60 Å². The molecule has 1 aliphatic heterocycles. The molecule has 192 valence electrons. The van der Waals surface area contributed by atoms with Gasteiger partial charge in [-0.15, -0.1) is 0 Å². The Balaban J connectivity index is 1.35. The molecule has 2 N–H and O–H groups in total. The Kier molecular flexibility index (Phi) is 8.20. The largest absolute Gasteiger partial charge is 0.489 e. The third-order valence-electron chi connectivity index (χ3n) is 6.53. The third kappa shape index (κ3) is 7.20. The molecule has 4 rings (SSSR count). The topological polar surface area (TPSA) is 70.0 Å². The number of piperidine rings is 1. The zero-order chi connectivity index (χ0) is 25.8. The normalized spacial score (nSPS) is 15.7. The molecule has 0 atom stereocenters. The van der Waals surface area contributed by atoms with Crippen molar-refractivity contribution in [3.63, 3.8) is 0 Å². The average molecular weight is 520 g/mol. The van der Waals surface area contributed by atoms with Gasteiger partial charge in [0.2, 0.25) is 0 Å². The summed E-state index contributed by atoms with van der Waals surface area (Å²) < 4.78 is 58.0. The number of hydrogen-bond acceptors (Lipinski definition) is 3. The van der Waals surface area contributed by atoms with Crippen LogP contribution in [0.25, 0.3) is 11.1 Å². The molecule has 0 saturated carbocycles. The Labute approximate surface area is 208 Å². The molecule has 5 nitrogen and oxygen atoms in total. The second-order valence-corrected chi connectivity index (χ2v) is 10.9. The van der Waals surface area contributed by atoms with Crippen LogP contribution in [0.3, 0.4) is 0 Å². The van der Waals surface area contributed by atoms with Crippen LogP contribution in [-0.4, -0.2) is 40.5 Å². The predicted molar refractivity (Wildman–Crippen MR) is 133 cm³/mol. The lowest BCUT2D eigenvalue weighted by atomic mass is 9.89. The van der Waals surface area contributed by atoms with Gasteiger partial charge in [0.1, 0.15) is 12.4 Å². The highest BCUT2D eigenvalue weighted by atomic mass is 31.2. The molecule has 0 unspecified atom stereocenters. The summed E-state index contributed by atoms with van der Waals surface area (Å²) in [4.78, 5) is 20.2. The van der Waals surface area contributed by atoms with Gasteiger partial charge in [-0.25, -0.2) is 0 Å². The van der Waals surface area contributed by atoms with Crippen molar-refractivity contribution in [3.05, 3.63) is 89.5 Å². The molecule has 0 spiro atoms. The lowest BCUT2D eigenvalue weighted by molar-refractivity contribution is -0.137. The quantitative estimate of drug-likeness (QED) is 0.342. The summed E-state index contributed by atoms with van der Waals surface area (Å²) in [5.41, 5.74) is 1.93. The van der Waals surface area contributed by atoms with Crippen LogP contribution in [0.5, 0.6) is 5.75 Å². The standard InChI is InChI=1S/C27H29F3NO4P/c28-27(29,30)26-18-24(10-11-25(26)23-4-2-1-3-5-23)35-19-20-6-8-21(9-7-20)22-12-14-31(15-13-22)16-17-36(32,33)34/h1-11,18,22H,12-17,19H2,(H2,32,33,34). The van der Waals surface area contributed by atoms with E-state index >= 15 is 0 Å². The van der Waals surface area contributed by atoms with Gasteiger partial charge in [-0.2, -0.15) is 13.2 Å². The molecule has 9 heteroatoms. The fraction of sp³-hybridized carbons (Fsp3) is 0.333. The van der Waals surface area contributed by atoms with E-state index in [0.717, 1.165) is 37.6 Å². The molecule has 1 heterocycles. The van der Waals surface area contributed by atoms with Gasteiger partial charge >= 0.3 is 13.8 Å². The van der Waals surface area contributed by atoms with Gasteiger partial charge in [0, 0.05) is 6.54 Å². The molecule has 3 aromatic carbocycles. The van der Waals surface area contributed by atoms with Crippen molar-refractivity contribution in [2.75, 3.05) is 25.8 Å². The summed E-state index contributed by atoms with van der Waals surface area (Å²) >= 11 is 0. The van der Waals surface area contributed by atoms with Crippen molar-refractivity contribution in [1.29, 1.82) is 0 Å².